The van der Waals surface area contributed by atoms with E-state index in [1.165, 1.54) is 0 Å². The number of nitrogens with one attached hydrogen (secondary N) is 2. The third-order valence-electron chi connectivity index (χ3n) is 3.84. The van der Waals surface area contributed by atoms with E-state index in [4.69, 9.17) is 0 Å². The fourth-order valence-electron chi connectivity index (χ4n) is 2.37. The quantitative estimate of drug-likeness (QED) is 0.781. The fourth-order valence-corrected chi connectivity index (χ4v) is 2.37. The zero-order chi connectivity index (χ0) is 13.9. The maximum Gasteiger partial charge on any atom is 0.319 e. The van der Waals surface area contributed by atoms with E-state index in [0.717, 1.165) is 42.5 Å². The Morgan fingerprint density at radius 1 is 1.42 bits per heavy atom. The summed E-state index contributed by atoms with van der Waals surface area (Å²) in [7, 11) is 0. The van der Waals surface area contributed by atoms with Crippen LogP contribution in [0.25, 0.3) is 0 Å². The van der Waals surface area contributed by atoms with Crippen molar-refractivity contribution in [3.63, 3.8) is 0 Å². The summed E-state index contributed by atoms with van der Waals surface area (Å²) < 4.78 is 0. The minimum atomic E-state index is -0.684. The molecule has 0 unspecified atom stereocenters. The van der Waals surface area contributed by atoms with Gasteiger partial charge in [0.05, 0.1) is 5.60 Å². The molecule has 0 radical (unpaired) electrons. The summed E-state index contributed by atoms with van der Waals surface area (Å²) in [5, 5.41) is 15.6. The molecule has 0 heterocycles. The average Bonchev–Trinajstić information content (AvgIpc) is 2.36. The Balaban J connectivity index is 1.95. The Hall–Kier alpha value is -1.55. The Morgan fingerprint density at radius 2 is 2.16 bits per heavy atom. The Morgan fingerprint density at radius 3 is 2.74 bits per heavy atom. The van der Waals surface area contributed by atoms with Crippen molar-refractivity contribution in [2.24, 2.45) is 0 Å². The number of hydrogen-bond donors (Lipinski definition) is 3. The van der Waals surface area contributed by atoms with Gasteiger partial charge in [-0.2, -0.15) is 0 Å². The van der Waals surface area contributed by atoms with Crippen LogP contribution >= 0.6 is 0 Å². The molecule has 19 heavy (non-hydrogen) atoms. The number of anilines is 1. The van der Waals surface area contributed by atoms with Gasteiger partial charge in [0.25, 0.3) is 0 Å². The van der Waals surface area contributed by atoms with Crippen LogP contribution in [0.4, 0.5) is 10.5 Å². The first-order valence-electron chi connectivity index (χ1n) is 6.90. The molecule has 104 valence electrons. The van der Waals surface area contributed by atoms with E-state index in [0.29, 0.717) is 6.54 Å². The molecule has 2 amide bonds. The molecule has 1 aromatic rings. The van der Waals surface area contributed by atoms with Crippen molar-refractivity contribution in [3.8, 4) is 0 Å². The van der Waals surface area contributed by atoms with Crippen molar-refractivity contribution in [2.75, 3.05) is 11.9 Å². The maximum atomic E-state index is 11.9. The molecule has 1 aromatic carbocycles. The number of hydrogen-bond acceptors (Lipinski definition) is 2. The zero-order valence-electron chi connectivity index (χ0n) is 11.6. The fraction of sp³-hybridized carbons (Fsp3) is 0.533. The van der Waals surface area contributed by atoms with Gasteiger partial charge in [0, 0.05) is 12.2 Å². The molecule has 0 saturated heterocycles. The number of carbonyl (C=O) groups excluding carboxylic acids is 1. The van der Waals surface area contributed by atoms with Gasteiger partial charge in [-0.1, -0.05) is 25.1 Å². The molecular weight excluding hydrogens is 240 g/mol. The largest absolute Gasteiger partial charge is 0.388 e. The van der Waals surface area contributed by atoms with Crippen LogP contribution < -0.4 is 10.6 Å². The van der Waals surface area contributed by atoms with Crippen LogP contribution in [0, 0.1) is 6.92 Å². The summed E-state index contributed by atoms with van der Waals surface area (Å²) >= 11 is 0. The van der Waals surface area contributed by atoms with E-state index in [9.17, 15) is 9.90 Å². The predicted octanol–water partition coefficient (Wildman–Crippen LogP) is 2.59. The molecule has 4 nitrogen and oxygen atoms in total. The van der Waals surface area contributed by atoms with E-state index in [-0.39, 0.29) is 6.03 Å². The van der Waals surface area contributed by atoms with Crippen molar-refractivity contribution < 1.29 is 9.90 Å². The highest BCUT2D eigenvalue weighted by molar-refractivity contribution is 5.91. The third-order valence-corrected chi connectivity index (χ3v) is 3.84. The van der Waals surface area contributed by atoms with E-state index in [1.807, 2.05) is 25.1 Å². The van der Waals surface area contributed by atoms with Crippen LogP contribution in [0.15, 0.2) is 18.2 Å². The van der Waals surface area contributed by atoms with Gasteiger partial charge < -0.3 is 15.7 Å². The molecule has 1 saturated carbocycles. The van der Waals surface area contributed by atoms with E-state index in [1.54, 1.807) is 0 Å². The molecule has 2 rings (SSSR count). The Kier molecular flexibility index (Phi) is 4.10. The monoisotopic (exact) mass is 262 g/mol. The second-order valence-corrected chi connectivity index (χ2v) is 5.35. The first kappa shape index (κ1) is 13.9. The van der Waals surface area contributed by atoms with Crippen LogP contribution in [0.5, 0.6) is 0 Å². The van der Waals surface area contributed by atoms with Gasteiger partial charge in [-0.05, 0) is 43.7 Å². The molecule has 4 heteroatoms. The van der Waals surface area contributed by atoms with Crippen molar-refractivity contribution >= 4 is 11.7 Å². The summed E-state index contributed by atoms with van der Waals surface area (Å²) in [6.07, 6.45) is 3.47. The van der Waals surface area contributed by atoms with Crippen LogP contribution in [0.1, 0.15) is 37.3 Å². The van der Waals surface area contributed by atoms with Gasteiger partial charge in [0.2, 0.25) is 0 Å². The topological polar surface area (TPSA) is 61.4 Å². The molecule has 0 aromatic heterocycles. The molecule has 1 aliphatic rings. The zero-order valence-corrected chi connectivity index (χ0v) is 11.6. The normalized spacial score (nSPS) is 16.6. The van der Waals surface area contributed by atoms with Gasteiger partial charge in [-0.25, -0.2) is 4.79 Å². The van der Waals surface area contributed by atoms with Crippen LogP contribution in [0.3, 0.4) is 0 Å². The number of benzene rings is 1. The minimum Gasteiger partial charge on any atom is -0.388 e. The number of aryl methyl sites for hydroxylation is 2. The lowest BCUT2D eigenvalue weighted by molar-refractivity contribution is -0.0287. The second kappa shape index (κ2) is 5.61. The number of carbonyl (C=O) groups is 1. The van der Waals surface area contributed by atoms with E-state index < -0.39 is 5.60 Å². The highest BCUT2D eigenvalue weighted by atomic mass is 16.3. The predicted molar refractivity (Wildman–Crippen MR) is 76.4 cm³/mol. The molecule has 3 N–H and O–H groups in total. The Labute approximate surface area is 114 Å². The highest BCUT2D eigenvalue weighted by Gasteiger charge is 2.34. The molecule has 1 fully saturated rings. The smallest absolute Gasteiger partial charge is 0.319 e. The first-order valence-corrected chi connectivity index (χ1v) is 6.90. The molecule has 0 spiro atoms. The lowest BCUT2D eigenvalue weighted by atomic mass is 9.80. The molecule has 0 bridgehead atoms. The summed E-state index contributed by atoms with van der Waals surface area (Å²) in [6.45, 7) is 4.37. The number of urea groups is 1. The lowest BCUT2D eigenvalue weighted by Gasteiger charge is -2.36. The number of para-hydroxylation sites is 1. The molecule has 1 aliphatic carbocycles. The average molecular weight is 262 g/mol. The summed E-state index contributed by atoms with van der Waals surface area (Å²) in [4.78, 5) is 11.9. The van der Waals surface area contributed by atoms with Crippen molar-refractivity contribution in [3.05, 3.63) is 29.3 Å². The highest BCUT2D eigenvalue weighted by Crippen LogP contribution is 2.30. The molecule has 0 aliphatic heterocycles. The van der Waals surface area contributed by atoms with Crippen molar-refractivity contribution in [1.82, 2.24) is 5.32 Å². The van der Waals surface area contributed by atoms with Crippen molar-refractivity contribution in [1.29, 1.82) is 0 Å². The van der Waals surface area contributed by atoms with E-state index >= 15 is 0 Å². The number of aliphatic hydroxyl groups is 1. The number of rotatable bonds is 4. The van der Waals surface area contributed by atoms with Gasteiger partial charge in [0.1, 0.15) is 0 Å². The standard InChI is InChI=1S/C15H22N2O2/c1-3-12-7-4-6-11(2)13(12)17-14(18)16-10-15(19)8-5-9-15/h4,6-7,19H,3,5,8-10H2,1-2H3,(H2,16,17,18). The Bertz CT molecular complexity index is 467. The van der Waals surface area contributed by atoms with Crippen LogP contribution in [-0.4, -0.2) is 23.3 Å². The summed E-state index contributed by atoms with van der Waals surface area (Å²) in [5.74, 6) is 0. The van der Waals surface area contributed by atoms with Gasteiger partial charge in [-0.3, -0.25) is 0 Å². The second-order valence-electron chi connectivity index (χ2n) is 5.35. The number of amides is 2. The van der Waals surface area contributed by atoms with E-state index in [2.05, 4.69) is 17.6 Å². The van der Waals surface area contributed by atoms with Crippen LogP contribution in [-0.2, 0) is 6.42 Å². The molecule has 0 atom stereocenters. The SMILES string of the molecule is CCc1cccc(C)c1NC(=O)NCC1(O)CCC1. The maximum absolute atomic E-state index is 11.9. The first-order chi connectivity index (χ1) is 9.04. The van der Waals surface area contributed by atoms with Gasteiger partial charge in [0.15, 0.2) is 0 Å². The third kappa shape index (κ3) is 3.26. The van der Waals surface area contributed by atoms with Gasteiger partial charge >= 0.3 is 6.03 Å². The van der Waals surface area contributed by atoms with Crippen molar-refractivity contribution in [2.45, 2.75) is 45.1 Å². The minimum absolute atomic E-state index is 0.246. The summed E-state index contributed by atoms with van der Waals surface area (Å²) in [6, 6.07) is 5.74. The van der Waals surface area contributed by atoms with Gasteiger partial charge in [-0.15, -0.1) is 0 Å². The lowest BCUT2D eigenvalue weighted by Crippen LogP contribution is -2.48. The molecular formula is C15H22N2O2. The summed E-state index contributed by atoms with van der Waals surface area (Å²) in [5.41, 5.74) is 2.37. The van der Waals surface area contributed by atoms with Crippen LogP contribution in [0.2, 0.25) is 0 Å².